The molecule has 1 saturated carbocycles. The molecule has 9 nitrogen and oxygen atoms in total. The predicted molar refractivity (Wildman–Crippen MR) is 104 cm³/mol. The number of halogens is 1. The second-order valence-electron chi connectivity index (χ2n) is 6.87. The van der Waals surface area contributed by atoms with E-state index in [4.69, 9.17) is 11.6 Å². The van der Waals surface area contributed by atoms with Crippen molar-refractivity contribution in [2.24, 2.45) is 5.92 Å². The van der Waals surface area contributed by atoms with Crippen LogP contribution in [0.4, 0.5) is 5.82 Å². The van der Waals surface area contributed by atoms with Crippen LogP contribution < -0.4 is 10.9 Å². The topological polar surface area (TPSA) is 128 Å². The number of hydrogen-bond acceptors (Lipinski definition) is 8. The van der Waals surface area contributed by atoms with E-state index in [1.165, 1.54) is 6.33 Å². The zero-order valence-electron chi connectivity index (χ0n) is 15.1. The van der Waals surface area contributed by atoms with Crippen LogP contribution >= 0.6 is 11.6 Å². The van der Waals surface area contributed by atoms with Crippen molar-refractivity contribution in [3.63, 3.8) is 0 Å². The normalized spacial score (nSPS) is 25.9. The summed E-state index contributed by atoms with van der Waals surface area (Å²) in [4.78, 5) is 12.8. The third kappa shape index (κ3) is 3.21. The lowest BCUT2D eigenvalue weighted by Gasteiger charge is -2.22. The number of anilines is 1. The Balaban J connectivity index is 1.64. The van der Waals surface area contributed by atoms with Crippen LogP contribution in [-0.4, -0.2) is 54.1 Å². The Morgan fingerprint density at radius 1 is 1.14 bits per heavy atom. The lowest BCUT2D eigenvalue weighted by atomic mass is 9.92. The molecular formula is C18H21ClN6O3. The van der Waals surface area contributed by atoms with Crippen LogP contribution in [0.2, 0.25) is 5.02 Å². The van der Waals surface area contributed by atoms with Crippen LogP contribution in [0.25, 0.3) is 11.2 Å². The number of benzene rings is 1. The van der Waals surface area contributed by atoms with Gasteiger partial charge >= 0.3 is 0 Å². The van der Waals surface area contributed by atoms with Crippen LogP contribution in [0.3, 0.4) is 0 Å². The number of hydrazine groups is 1. The fourth-order valence-corrected chi connectivity index (χ4v) is 3.97. The lowest BCUT2D eigenvalue weighted by Crippen LogP contribution is -2.31. The minimum atomic E-state index is -1.09. The van der Waals surface area contributed by atoms with E-state index in [0.29, 0.717) is 34.0 Å². The molecule has 2 heterocycles. The van der Waals surface area contributed by atoms with Gasteiger partial charge in [-0.05, 0) is 24.1 Å². The Hall–Kier alpha value is -2.30. The number of nitrogens with one attached hydrogen (secondary N) is 2. The second-order valence-corrected chi connectivity index (χ2v) is 7.30. The van der Waals surface area contributed by atoms with Gasteiger partial charge in [-0.2, -0.15) is 0 Å². The number of aliphatic hydroxyl groups is 3. The third-order valence-electron chi connectivity index (χ3n) is 5.27. The molecule has 1 fully saturated rings. The third-order valence-corrected chi connectivity index (χ3v) is 5.52. The number of aliphatic hydroxyl groups excluding tert-OH is 3. The first kappa shape index (κ1) is 19.0. The summed E-state index contributed by atoms with van der Waals surface area (Å²) in [5, 5.41) is 32.6. The zero-order chi connectivity index (χ0) is 19.8. The van der Waals surface area contributed by atoms with Crippen molar-refractivity contribution in [2.75, 3.05) is 12.5 Å². The molecule has 5 N–H and O–H groups in total. The van der Waals surface area contributed by atoms with E-state index in [1.807, 2.05) is 0 Å². The molecule has 4 rings (SSSR count). The molecule has 0 saturated heterocycles. The molecule has 0 spiro atoms. The van der Waals surface area contributed by atoms with Crippen molar-refractivity contribution in [1.29, 1.82) is 0 Å². The highest BCUT2D eigenvalue weighted by atomic mass is 35.5. The summed E-state index contributed by atoms with van der Waals surface area (Å²) in [5.74, 6) is -0.0348. The van der Waals surface area contributed by atoms with Crippen molar-refractivity contribution >= 4 is 28.6 Å². The van der Waals surface area contributed by atoms with Crippen molar-refractivity contribution in [3.8, 4) is 0 Å². The molecule has 5 atom stereocenters. The van der Waals surface area contributed by atoms with Gasteiger partial charge in [0.25, 0.3) is 0 Å². The van der Waals surface area contributed by atoms with E-state index >= 15 is 0 Å². The van der Waals surface area contributed by atoms with Gasteiger partial charge in [0.15, 0.2) is 17.0 Å². The van der Waals surface area contributed by atoms with Crippen molar-refractivity contribution in [2.45, 2.75) is 30.8 Å². The average Bonchev–Trinajstić information content (AvgIpc) is 3.25. The van der Waals surface area contributed by atoms with Gasteiger partial charge in [-0.25, -0.2) is 20.4 Å². The quantitative estimate of drug-likeness (QED) is 0.399. The Bertz CT molecular complexity index is 966. The fourth-order valence-electron chi connectivity index (χ4n) is 3.84. The molecule has 0 radical (unpaired) electrons. The predicted octanol–water partition coefficient (Wildman–Crippen LogP) is 1.04. The molecule has 0 bridgehead atoms. The minimum Gasteiger partial charge on any atom is -0.390 e. The summed E-state index contributed by atoms with van der Waals surface area (Å²) >= 11 is 5.91. The fraction of sp³-hybridized carbons (Fsp3) is 0.389. The number of imidazole rings is 1. The van der Waals surface area contributed by atoms with E-state index in [0.717, 1.165) is 0 Å². The van der Waals surface area contributed by atoms with E-state index in [1.54, 1.807) is 42.2 Å². The first-order valence-electron chi connectivity index (χ1n) is 8.91. The SMILES string of the molecule is CNNc1ncnc2c1ncn2[C@@H]1C[C@H](C(O)c2ccc(Cl)cc2)[C@@H](O)[C@H]1O. The lowest BCUT2D eigenvalue weighted by molar-refractivity contribution is -0.0264. The van der Waals surface area contributed by atoms with Crippen LogP contribution in [-0.2, 0) is 0 Å². The van der Waals surface area contributed by atoms with Gasteiger partial charge in [0.2, 0.25) is 0 Å². The summed E-state index contributed by atoms with van der Waals surface area (Å²) in [6.07, 6.45) is 0.231. The molecule has 0 amide bonds. The second kappa shape index (κ2) is 7.61. The van der Waals surface area contributed by atoms with Gasteiger partial charge in [-0.3, -0.25) is 0 Å². The van der Waals surface area contributed by atoms with Gasteiger partial charge in [0.05, 0.1) is 24.6 Å². The maximum atomic E-state index is 10.8. The number of rotatable bonds is 5. The van der Waals surface area contributed by atoms with E-state index in [9.17, 15) is 15.3 Å². The van der Waals surface area contributed by atoms with E-state index in [-0.39, 0.29) is 0 Å². The summed E-state index contributed by atoms with van der Waals surface area (Å²) in [6, 6.07) is 6.33. The van der Waals surface area contributed by atoms with Crippen molar-refractivity contribution in [3.05, 3.63) is 47.5 Å². The highest BCUT2D eigenvalue weighted by molar-refractivity contribution is 6.30. The number of hydrogen-bond donors (Lipinski definition) is 5. The minimum absolute atomic E-state index is 0.358. The number of aromatic nitrogens is 4. The molecule has 2 aromatic heterocycles. The average molecular weight is 405 g/mol. The molecule has 0 aliphatic heterocycles. The summed E-state index contributed by atoms with van der Waals surface area (Å²) in [7, 11) is 1.71. The largest absolute Gasteiger partial charge is 0.390 e. The Kier molecular flexibility index (Phi) is 5.17. The van der Waals surface area contributed by atoms with Crippen LogP contribution in [0.5, 0.6) is 0 Å². The van der Waals surface area contributed by atoms with Gasteiger partial charge < -0.3 is 25.3 Å². The first-order chi connectivity index (χ1) is 13.5. The highest BCUT2D eigenvalue weighted by Crippen LogP contribution is 2.43. The highest BCUT2D eigenvalue weighted by Gasteiger charge is 2.46. The standard InChI is InChI=1S/C18H21ClN6O3/c1-20-24-17-13-18(22-7-21-17)25(8-23-13)12-6-11(15(27)16(12)28)14(26)9-2-4-10(19)5-3-9/h2-5,7-8,11-12,14-16,20,26-28H,6H2,1H3,(H,21,22,24)/t11-,12-,14?,15-,16+/m1/s1. The molecule has 1 aliphatic carbocycles. The summed E-state index contributed by atoms with van der Waals surface area (Å²) < 4.78 is 1.72. The monoisotopic (exact) mass is 404 g/mol. The molecular weight excluding hydrogens is 384 g/mol. The Labute approximate surface area is 166 Å². The van der Waals surface area contributed by atoms with Crippen molar-refractivity contribution in [1.82, 2.24) is 24.9 Å². The van der Waals surface area contributed by atoms with Crippen LogP contribution in [0.15, 0.2) is 36.9 Å². The molecule has 1 unspecified atom stereocenters. The smallest absolute Gasteiger partial charge is 0.171 e. The number of nitrogens with zero attached hydrogens (tertiary/aromatic N) is 4. The van der Waals surface area contributed by atoms with Crippen LogP contribution in [0, 0.1) is 5.92 Å². The van der Waals surface area contributed by atoms with Gasteiger partial charge in [0.1, 0.15) is 12.4 Å². The molecule has 1 aromatic carbocycles. The maximum Gasteiger partial charge on any atom is 0.171 e. The summed E-state index contributed by atoms with van der Waals surface area (Å²) in [5.41, 5.74) is 7.39. The van der Waals surface area contributed by atoms with E-state index < -0.39 is 30.3 Å². The Morgan fingerprint density at radius 2 is 1.89 bits per heavy atom. The molecule has 148 valence electrons. The number of fused-ring (bicyclic) bond motifs is 1. The molecule has 10 heteroatoms. The molecule has 3 aromatic rings. The van der Waals surface area contributed by atoms with E-state index in [2.05, 4.69) is 25.8 Å². The van der Waals surface area contributed by atoms with Gasteiger partial charge in [-0.1, -0.05) is 23.7 Å². The van der Waals surface area contributed by atoms with Gasteiger partial charge in [0, 0.05) is 18.0 Å². The summed E-state index contributed by atoms with van der Waals surface area (Å²) in [6.45, 7) is 0. The molecule has 28 heavy (non-hydrogen) atoms. The Morgan fingerprint density at radius 3 is 2.61 bits per heavy atom. The zero-order valence-corrected chi connectivity index (χ0v) is 15.8. The molecule has 1 aliphatic rings. The maximum absolute atomic E-state index is 10.8. The first-order valence-corrected chi connectivity index (χ1v) is 9.29. The van der Waals surface area contributed by atoms with Gasteiger partial charge in [-0.15, -0.1) is 0 Å². The van der Waals surface area contributed by atoms with Crippen molar-refractivity contribution < 1.29 is 15.3 Å². The van der Waals surface area contributed by atoms with Crippen LogP contribution in [0.1, 0.15) is 24.1 Å².